The molecular formula is C18H22N2OS2. The fourth-order valence-corrected chi connectivity index (χ4v) is 4.58. The van der Waals surface area contributed by atoms with Gasteiger partial charge in [-0.2, -0.15) is 0 Å². The molecule has 1 unspecified atom stereocenters. The number of likely N-dealkylation sites (tertiary alicyclic amines) is 1. The van der Waals surface area contributed by atoms with E-state index in [-0.39, 0.29) is 5.91 Å². The maximum Gasteiger partial charge on any atom is 0.233 e. The van der Waals surface area contributed by atoms with Gasteiger partial charge in [0.15, 0.2) is 4.34 Å². The SMILES string of the molecule is Cc1ccc(-c2csc(SCC(=O)N3CCCCC3C)n2)cc1. The average molecular weight is 347 g/mol. The molecule has 1 amide bonds. The van der Waals surface area contributed by atoms with Gasteiger partial charge >= 0.3 is 0 Å². The summed E-state index contributed by atoms with van der Waals surface area (Å²) in [6, 6.07) is 8.78. The number of hydrogen-bond acceptors (Lipinski definition) is 4. The van der Waals surface area contributed by atoms with Crippen LogP contribution in [-0.4, -0.2) is 34.1 Å². The summed E-state index contributed by atoms with van der Waals surface area (Å²) in [6.45, 7) is 5.15. The Morgan fingerprint density at radius 1 is 1.35 bits per heavy atom. The molecule has 3 nitrogen and oxygen atoms in total. The monoisotopic (exact) mass is 346 g/mol. The molecule has 23 heavy (non-hydrogen) atoms. The van der Waals surface area contributed by atoms with E-state index in [1.54, 1.807) is 23.1 Å². The van der Waals surface area contributed by atoms with Crippen LogP contribution in [0.3, 0.4) is 0 Å². The molecule has 1 atom stereocenters. The second-order valence-electron chi connectivity index (χ2n) is 6.09. The number of benzene rings is 1. The molecular weight excluding hydrogens is 324 g/mol. The van der Waals surface area contributed by atoms with Crippen molar-refractivity contribution >= 4 is 29.0 Å². The molecule has 0 aliphatic carbocycles. The topological polar surface area (TPSA) is 33.2 Å². The van der Waals surface area contributed by atoms with Crippen LogP contribution in [0.5, 0.6) is 0 Å². The van der Waals surface area contributed by atoms with E-state index in [2.05, 4.69) is 48.5 Å². The van der Waals surface area contributed by atoms with Crippen molar-refractivity contribution in [3.63, 3.8) is 0 Å². The zero-order chi connectivity index (χ0) is 16.2. The van der Waals surface area contributed by atoms with Crippen LogP contribution in [-0.2, 0) is 4.79 Å². The van der Waals surface area contributed by atoms with Crippen molar-refractivity contribution in [1.82, 2.24) is 9.88 Å². The maximum absolute atomic E-state index is 12.4. The standard InChI is InChI=1S/C18H22N2OS2/c1-13-6-8-15(9-7-13)16-11-22-18(19-16)23-12-17(21)20-10-4-3-5-14(20)2/h6-9,11,14H,3-5,10,12H2,1-2H3. The summed E-state index contributed by atoms with van der Waals surface area (Å²) in [4.78, 5) is 19.1. The van der Waals surface area contributed by atoms with Gasteiger partial charge in [-0.1, -0.05) is 41.6 Å². The van der Waals surface area contributed by atoms with E-state index >= 15 is 0 Å². The largest absolute Gasteiger partial charge is 0.339 e. The van der Waals surface area contributed by atoms with Crippen LogP contribution in [0.15, 0.2) is 34.0 Å². The highest BCUT2D eigenvalue weighted by Crippen LogP contribution is 2.29. The molecule has 1 aliphatic heterocycles. The number of amides is 1. The average Bonchev–Trinajstić information content (AvgIpc) is 3.03. The summed E-state index contributed by atoms with van der Waals surface area (Å²) >= 11 is 3.18. The van der Waals surface area contributed by atoms with Gasteiger partial charge in [-0.15, -0.1) is 11.3 Å². The van der Waals surface area contributed by atoms with Crippen LogP contribution in [0, 0.1) is 6.92 Å². The minimum atomic E-state index is 0.245. The number of carbonyl (C=O) groups excluding carboxylic acids is 1. The van der Waals surface area contributed by atoms with Crippen molar-refractivity contribution in [2.24, 2.45) is 0 Å². The molecule has 0 bridgehead atoms. The number of thiazole rings is 1. The summed E-state index contributed by atoms with van der Waals surface area (Å²) in [6.07, 6.45) is 3.51. The lowest BCUT2D eigenvalue weighted by atomic mass is 10.0. The van der Waals surface area contributed by atoms with E-state index < -0.39 is 0 Å². The molecule has 3 rings (SSSR count). The predicted octanol–water partition coefficient (Wildman–Crippen LogP) is 4.61. The predicted molar refractivity (Wildman–Crippen MR) is 98.0 cm³/mol. The summed E-state index contributed by atoms with van der Waals surface area (Å²) in [5.74, 6) is 0.736. The number of piperidine rings is 1. The van der Waals surface area contributed by atoms with Gasteiger partial charge in [-0.25, -0.2) is 4.98 Å². The maximum atomic E-state index is 12.4. The lowest BCUT2D eigenvalue weighted by Crippen LogP contribution is -2.42. The van der Waals surface area contributed by atoms with Crippen molar-refractivity contribution in [3.05, 3.63) is 35.2 Å². The third kappa shape index (κ3) is 4.15. The second kappa shape index (κ2) is 7.49. The lowest BCUT2D eigenvalue weighted by molar-refractivity contribution is -0.131. The normalized spacial score (nSPS) is 18.2. The van der Waals surface area contributed by atoms with Gasteiger partial charge in [0, 0.05) is 23.5 Å². The Morgan fingerprint density at radius 2 is 2.13 bits per heavy atom. The minimum absolute atomic E-state index is 0.245. The van der Waals surface area contributed by atoms with Crippen molar-refractivity contribution in [3.8, 4) is 11.3 Å². The molecule has 2 aromatic rings. The van der Waals surface area contributed by atoms with Crippen molar-refractivity contribution in [2.45, 2.75) is 43.5 Å². The van der Waals surface area contributed by atoms with Gasteiger partial charge in [-0.3, -0.25) is 4.79 Å². The number of hydrogen-bond donors (Lipinski definition) is 0. The molecule has 0 N–H and O–H groups in total. The Bertz CT molecular complexity index is 666. The minimum Gasteiger partial charge on any atom is -0.339 e. The van der Waals surface area contributed by atoms with Gasteiger partial charge < -0.3 is 4.90 Å². The smallest absolute Gasteiger partial charge is 0.233 e. The van der Waals surface area contributed by atoms with Crippen molar-refractivity contribution in [1.29, 1.82) is 0 Å². The summed E-state index contributed by atoms with van der Waals surface area (Å²) in [7, 11) is 0. The molecule has 1 saturated heterocycles. The van der Waals surface area contributed by atoms with Crippen LogP contribution < -0.4 is 0 Å². The van der Waals surface area contributed by atoms with Gasteiger partial charge in [-0.05, 0) is 33.1 Å². The van der Waals surface area contributed by atoms with E-state index in [0.717, 1.165) is 35.0 Å². The summed E-state index contributed by atoms with van der Waals surface area (Å²) in [5, 5.41) is 2.07. The van der Waals surface area contributed by atoms with Gasteiger partial charge in [0.2, 0.25) is 5.91 Å². The molecule has 1 aliphatic rings. The third-order valence-electron chi connectivity index (χ3n) is 4.27. The number of thioether (sulfide) groups is 1. The van der Waals surface area contributed by atoms with Gasteiger partial charge in [0.05, 0.1) is 11.4 Å². The Kier molecular flexibility index (Phi) is 5.38. The number of nitrogens with zero attached hydrogens (tertiary/aromatic N) is 2. The number of aryl methyl sites for hydroxylation is 1. The van der Waals surface area contributed by atoms with Crippen molar-refractivity contribution in [2.75, 3.05) is 12.3 Å². The van der Waals surface area contributed by atoms with Gasteiger partial charge in [0.25, 0.3) is 0 Å². The fourth-order valence-electron chi connectivity index (χ4n) is 2.86. The first kappa shape index (κ1) is 16.5. The Morgan fingerprint density at radius 3 is 2.87 bits per heavy atom. The van der Waals surface area contributed by atoms with E-state index in [0.29, 0.717) is 11.8 Å². The number of aromatic nitrogens is 1. The molecule has 1 fully saturated rings. The zero-order valence-electron chi connectivity index (χ0n) is 13.6. The first-order valence-electron chi connectivity index (χ1n) is 8.08. The summed E-state index contributed by atoms with van der Waals surface area (Å²) in [5.41, 5.74) is 3.38. The van der Waals surface area contributed by atoms with E-state index in [1.165, 1.54) is 12.0 Å². The highest BCUT2D eigenvalue weighted by Gasteiger charge is 2.23. The quantitative estimate of drug-likeness (QED) is 0.758. The fraction of sp³-hybridized carbons (Fsp3) is 0.444. The van der Waals surface area contributed by atoms with E-state index in [1.807, 2.05) is 4.90 Å². The first-order chi connectivity index (χ1) is 11.1. The zero-order valence-corrected chi connectivity index (χ0v) is 15.3. The molecule has 5 heteroatoms. The number of rotatable bonds is 4. The Balaban J connectivity index is 1.58. The third-order valence-corrected chi connectivity index (χ3v) is 6.28. The number of carbonyl (C=O) groups is 1. The molecule has 122 valence electrons. The molecule has 2 heterocycles. The van der Waals surface area contributed by atoms with Crippen LogP contribution >= 0.6 is 23.1 Å². The molecule has 0 radical (unpaired) electrons. The van der Waals surface area contributed by atoms with E-state index in [4.69, 9.17) is 0 Å². The Hall–Kier alpha value is -1.33. The van der Waals surface area contributed by atoms with Crippen LogP contribution in [0.25, 0.3) is 11.3 Å². The molecule has 1 aromatic carbocycles. The van der Waals surface area contributed by atoms with Gasteiger partial charge in [0.1, 0.15) is 0 Å². The Labute approximate surface area is 146 Å². The van der Waals surface area contributed by atoms with Crippen LogP contribution in [0.4, 0.5) is 0 Å². The lowest BCUT2D eigenvalue weighted by Gasteiger charge is -2.33. The van der Waals surface area contributed by atoms with Crippen LogP contribution in [0.2, 0.25) is 0 Å². The van der Waals surface area contributed by atoms with Crippen LogP contribution in [0.1, 0.15) is 31.7 Å². The molecule has 1 aromatic heterocycles. The second-order valence-corrected chi connectivity index (χ2v) is 8.17. The molecule has 0 spiro atoms. The highest BCUT2D eigenvalue weighted by molar-refractivity contribution is 8.01. The summed E-state index contributed by atoms with van der Waals surface area (Å²) < 4.78 is 0.971. The highest BCUT2D eigenvalue weighted by atomic mass is 32.2. The molecule has 0 saturated carbocycles. The van der Waals surface area contributed by atoms with E-state index in [9.17, 15) is 4.79 Å². The van der Waals surface area contributed by atoms with Crippen molar-refractivity contribution < 1.29 is 4.79 Å². The first-order valence-corrected chi connectivity index (χ1v) is 9.95.